The Kier molecular flexibility index (Phi) is 5.79. The Bertz CT molecular complexity index is 844. The quantitative estimate of drug-likeness (QED) is 0.768. The zero-order valence-electron chi connectivity index (χ0n) is 13.9. The molecule has 1 heterocycles. The summed E-state index contributed by atoms with van der Waals surface area (Å²) in [6, 6.07) is 10.7. The first-order chi connectivity index (χ1) is 12.5. The van der Waals surface area contributed by atoms with Crippen molar-refractivity contribution < 1.29 is 14.0 Å². The second kappa shape index (κ2) is 8.06. The number of carbonyl (C=O) groups is 2. The average Bonchev–Trinajstić information content (AvgIpc) is 2.89. The highest BCUT2D eigenvalue weighted by molar-refractivity contribution is 6.35. The van der Waals surface area contributed by atoms with Gasteiger partial charge in [-0.1, -0.05) is 35.3 Å². The second-order valence-electron chi connectivity index (χ2n) is 6.04. The molecule has 0 radical (unpaired) electrons. The number of nitrogens with zero attached hydrogens (tertiary/aromatic N) is 2. The maximum atomic E-state index is 13.9. The van der Waals surface area contributed by atoms with Crippen molar-refractivity contribution >= 4 is 35.0 Å². The maximum Gasteiger partial charge on any atom is 0.256 e. The molecule has 0 spiro atoms. The van der Waals surface area contributed by atoms with Gasteiger partial charge >= 0.3 is 0 Å². The molecule has 0 bridgehead atoms. The van der Waals surface area contributed by atoms with Gasteiger partial charge in [-0.15, -0.1) is 0 Å². The maximum absolute atomic E-state index is 13.9. The van der Waals surface area contributed by atoms with Crippen molar-refractivity contribution in [2.75, 3.05) is 26.2 Å². The minimum absolute atomic E-state index is 0.0464. The van der Waals surface area contributed by atoms with Crippen LogP contribution in [0.5, 0.6) is 0 Å². The summed E-state index contributed by atoms with van der Waals surface area (Å²) < 4.78 is 13.9. The molecule has 7 heteroatoms. The molecule has 0 atom stereocenters. The van der Waals surface area contributed by atoms with Crippen LogP contribution < -0.4 is 0 Å². The summed E-state index contributed by atoms with van der Waals surface area (Å²) in [6.45, 7) is 1.63. The number of rotatable bonds is 2. The third-order valence-corrected chi connectivity index (χ3v) is 4.90. The van der Waals surface area contributed by atoms with Gasteiger partial charge in [-0.25, -0.2) is 4.39 Å². The van der Waals surface area contributed by atoms with E-state index in [0.29, 0.717) is 48.2 Å². The Balaban J connectivity index is 1.72. The highest BCUT2D eigenvalue weighted by Crippen LogP contribution is 2.23. The number of benzene rings is 2. The van der Waals surface area contributed by atoms with E-state index in [0.717, 1.165) is 0 Å². The van der Waals surface area contributed by atoms with Gasteiger partial charge in [0.1, 0.15) is 5.82 Å². The Hall–Kier alpha value is -2.11. The summed E-state index contributed by atoms with van der Waals surface area (Å²) in [6.07, 6.45) is 0.601. The van der Waals surface area contributed by atoms with Crippen molar-refractivity contribution in [1.82, 2.24) is 9.80 Å². The highest BCUT2D eigenvalue weighted by atomic mass is 35.5. The normalized spacial score (nSPS) is 14.9. The first-order valence-corrected chi connectivity index (χ1v) is 9.01. The average molecular weight is 395 g/mol. The van der Waals surface area contributed by atoms with Crippen molar-refractivity contribution in [1.29, 1.82) is 0 Å². The van der Waals surface area contributed by atoms with Crippen molar-refractivity contribution in [2.45, 2.75) is 6.42 Å². The molecule has 0 unspecified atom stereocenters. The van der Waals surface area contributed by atoms with Crippen LogP contribution in [0.4, 0.5) is 4.39 Å². The lowest BCUT2D eigenvalue weighted by Crippen LogP contribution is -2.37. The summed E-state index contributed by atoms with van der Waals surface area (Å²) in [5, 5.41) is 0.770. The number of hydrogen-bond acceptors (Lipinski definition) is 2. The fraction of sp³-hybridized carbons (Fsp3) is 0.263. The third-order valence-electron chi connectivity index (χ3n) is 4.33. The number of halogens is 3. The minimum Gasteiger partial charge on any atom is -0.337 e. The molecule has 1 aliphatic heterocycles. The van der Waals surface area contributed by atoms with Crippen LogP contribution in [0.3, 0.4) is 0 Å². The molecule has 2 amide bonds. The van der Waals surface area contributed by atoms with Crippen LogP contribution in [-0.2, 0) is 0 Å². The van der Waals surface area contributed by atoms with Crippen molar-refractivity contribution in [3.05, 3.63) is 69.5 Å². The summed E-state index contributed by atoms with van der Waals surface area (Å²) in [7, 11) is 0. The van der Waals surface area contributed by atoms with Crippen LogP contribution in [0.25, 0.3) is 0 Å². The molecule has 1 aliphatic rings. The molecule has 136 valence electrons. The Morgan fingerprint density at radius 1 is 0.846 bits per heavy atom. The summed E-state index contributed by atoms with van der Waals surface area (Å²) in [5.41, 5.74) is 0.387. The van der Waals surface area contributed by atoms with Gasteiger partial charge in [-0.2, -0.15) is 0 Å². The first-order valence-electron chi connectivity index (χ1n) is 8.25. The van der Waals surface area contributed by atoms with E-state index in [4.69, 9.17) is 23.2 Å². The first kappa shape index (κ1) is 18.7. The van der Waals surface area contributed by atoms with E-state index < -0.39 is 5.82 Å². The molecule has 26 heavy (non-hydrogen) atoms. The number of hydrogen-bond donors (Lipinski definition) is 0. The lowest BCUT2D eigenvalue weighted by atomic mass is 10.2. The van der Waals surface area contributed by atoms with Gasteiger partial charge in [-0.05, 0) is 36.8 Å². The molecule has 2 aromatic carbocycles. The van der Waals surface area contributed by atoms with Gasteiger partial charge in [0.2, 0.25) is 0 Å². The SMILES string of the molecule is O=C(c1ccccc1F)N1CCCN(C(=O)c2cc(Cl)ccc2Cl)CC1. The van der Waals surface area contributed by atoms with Crippen LogP contribution in [0.1, 0.15) is 27.1 Å². The lowest BCUT2D eigenvalue weighted by molar-refractivity contribution is 0.0716. The largest absolute Gasteiger partial charge is 0.337 e. The summed E-state index contributed by atoms with van der Waals surface area (Å²) in [4.78, 5) is 28.5. The molecule has 0 N–H and O–H groups in total. The van der Waals surface area contributed by atoms with E-state index in [2.05, 4.69) is 0 Å². The molecular weight excluding hydrogens is 378 g/mol. The van der Waals surface area contributed by atoms with Crippen LogP contribution in [0.2, 0.25) is 10.0 Å². The van der Waals surface area contributed by atoms with E-state index >= 15 is 0 Å². The van der Waals surface area contributed by atoms with Gasteiger partial charge < -0.3 is 9.80 Å². The molecule has 0 aromatic heterocycles. The van der Waals surface area contributed by atoms with Gasteiger partial charge in [0, 0.05) is 31.2 Å². The summed E-state index contributed by atoms with van der Waals surface area (Å²) in [5.74, 6) is -1.13. The monoisotopic (exact) mass is 394 g/mol. The Morgan fingerprint density at radius 2 is 1.46 bits per heavy atom. The number of carbonyl (C=O) groups excluding carboxylic acids is 2. The van der Waals surface area contributed by atoms with Crippen LogP contribution >= 0.6 is 23.2 Å². The van der Waals surface area contributed by atoms with Gasteiger partial charge in [-0.3, -0.25) is 9.59 Å². The van der Waals surface area contributed by atoms with E-state index in [1.54, 1.807) is 40.1 Å². The highest BCUT2D eigenvalue weighted by Gasteiger charge is 2.25. The Morgan fingerprint density at radius 3 is 2.12 bits per heavy atom. The van der Waals surface area contributed by atoms with E-state index in [1.165, 1.54) is 12.1 Å². The molecule has 1 saturated heterocycles. The zero-order valence-corrected chi connectivity index (χ0v) is 15.4. The predicted molar refractivity (Wildman–Crippen MR) is 99.3 cm³/mol. The van der Waals surface area contributed by atoms with E-state index in [9.17, 15) is 14.0 Å². The fourth-order valence-corrected chi connectivity index (χ4v) is 3.33. The molecular formula is C19H17Cl2FN2O2. The number of amides is 2. The fourth-order valence-electron chi connectivity index (χ4n) is 2.96. The van der Waals surface area contributed by atoms with Crippen molar-refractivity contribution in [3.63, 3.8) is 0 Å². The molecule has 4 nitrogen and oxygen atoms in total. The predicted octanol–water partition coefficient (Wildman–Crippen LogP) is 4.12. The minimum atomic E-state index is -0.541. The lowest BCUT2D eigenvalue weighted by Gasteiger charge is -2.23. The van der Waals surface area contributed by atoms with Crippen LogP contribution in [-0.4, -0.2) is 47.8 Å². The molecule has 0 aliphatic carbocycles. The van der Waals surface area contributed by atoms with Crippen LogP contribution in [0, 0.1) is 5.82 Å². The summed E-state index contributed by atoms with van der Waals surface area (Å²) >= 11 is 12.1. The molecule has 3 rings (SSSR count). The smallest absolute Gasteiger partial charge is 0.256 e. The molecule has 2 aromatic rings. The van der Waals surface area contributed by atoms with Crippen LogP contribution in [0.15, 0.2) is 42.5 Å². The second-order valence-corrected chi connectivity index (χ2v) is 6.89. The van der Waals surface area contributed by atoms with Gasteiger partial charge in [0.15, 0.2) is 0 Å². The van der Waals surface area contributed by atoms with Gasteiger partial charge in [0.25, 0.3) is 11.8 Å². The van der Waals surface area contributed by atoms with E-state index in [-0.39, 0.29) is 17.4 Å². The zero-order chi connectivity index (χ0) is 18.7. The molecule has 1 fully saturated rings. The van der Waals surface area contributed by atoms with Crippen molar-refractivity contribution in [2.24, 2.45) is 0 Å². The van der Waals surface area contributed by atoms with Gasteiger partial charge in [0.05, 0.1) is 16.1 Å². The standard InChI is InChI=1S/C19H17Cl2FN2O2/c20-13-6-7-16(21)15(12-13)19(26)24-9-3-8-23(10-11-24)18(25)14-4-1-2-5-17(14)22/h1-2,4-7,12H,3,8-11H2. The molecule has 0 saturated carbocycles. The van der Waals surface area contributed by atoms with Crippen molar-refractivity contribution in [3.8, 4) is 0 Å². The Labute approximate surface area is 161 Å². The van der Waals surface area contributed by atoms with E-state index in [1.807, 2.05) is 0 Å². The third kappa shape index (κ3) is 4.00. The topological polar surface area (TPSA) is 40.6 Å².